The zero-order chi connectivity index (χ0) is 13.7. The highest BCUT2D eigenvalue weighted by Gasteiger charge is 2.52. The molecule has 1 heterocycles. The van der Waals surface area contributed by atoms with Crippen LogP contribution in [0, 0.1) is 5.92 Å². The summed E-state index contributed by atoms with van der Waals surface area (Å²) in [4.78, 5) is 28.9. The van der Waals surface area contributed by atoms with Crippen LogP contribution in [0.1, 0.15) is 6.42 Å². The van der Waals surface area contributed by atoms with E-state index in [1.165, 1.54) is 4.90 Å². The molecule has 0 amide bonds. The van der Waals surface area contributed by atoms with Gasteiger partial charge >= 0.3 is 11.4 Å². The lowest BCUT2D eigenvalue weighted by molar-refractivity contribution is 0.533. The first-order valence-electron chi connectivity index (χ1n) is 5.28. The Morgan fingerprint density at radius 1 is 1.50 bits per heavy atom. The Labute approximate surface area is 113 Å². The second kappa shape index (κ2) is 4.17. The average molecular weight is 294 g/mol. The van der Waals surface area contributed by atoms with Gasteiger partial charge in [0, 0.05) is 26.6 Å². The van der Waals surface area contributed by atoms with Crippen molar-refractivity contribution in [1.29, 1.82) is 0 Å². The minimum atomic E-state index is -0.856. The molecule has 1 atom stereocenters. The van der Waals surface area contributed by atoms with Crippen molar-refractivity contribution in [3.05, 3.63) is 21.0 Å². The number of nitrogen functional groups attached to an aromatic ring is 1. The molecule has 2 rings (SSSR count). The molecule has 0 radical (unpaired) electrons. The number of anilines is 1. The monoisotopic (exact) mass is 293 g/mol. The molecule has 0 bridgehead atoms. The molecular formula is C9H13Cl2N5O2. The van der Waals surface area contributed by atoms with Gasteiger partial charge in [-0.25, -0.2) is 14.2 Å². The average Bonchev–Trinajstić information content (AvgIpc) is 2.86. The Morgan fingerprint density at radius 3 is 2.50 bits per heavy atom. The number of halogens is 2. The van der Waals surface area contributed by atoms with Gasteiger partial charge < -0.3 is 10.7 Å². The van der Waals surface area contributed by atoms with Crippen LogP contribution >= 0.6 is 23.2 Å². The van der Waals surface area contributed by atoms with E-state index in [1.807, 2.05) is 0 Å². The quantitative estimate of drug-likeness (QED) is 0.593. The van der Waals surface area contributed by atoms with E-state index in [-0.39, 0.29) is 18.4 Å². The van der Waals surface area contributed by atoms with E-state index in [1.54, 1.807) is 14.1 Å². The van der Waals surface area contributed by atoms with Crippen molar-refractivity contribution in [2.75, 3.05) is 24.8 Å². The smallest absolute Gasteiger partial charge is 0.347 e. The third kappa shape index (κ3) is 2.20. The number of nitrogens with two attached hydrogens (primary N) is 1. The summed E-state index contributed by atoms with van der Waals surface area (Å²) in [6.45, 7) is 0.128. The molecule has 1 aliphatic carbocycles. The fourth-order valence-corrected chi connectivity index (χ4v) is 2.17. The number of hydrogen-bond acceptors (Lipinski definition) is 5. The highest BCUT2D eigenvalue weighted by atomic mass is 35.5. The maximum absolute atomic E-state index is 11.9. The summed E-state index contributed by atoms with van der Waals surface area (Å²) in [5, 5.41) is 0. The third-order valence-corrected chi connectivity index (χ3v) is 3.76. The number of alkyl halides is 2. The Hall–Kier alpha value is -1.21. The SMILES string of the molecule is CN(C)c1nc(=O)n(CC2CC2(Cl)Cl)c(=O)n1N. The summed E-state index contributed by atoms with van der Waals surface area (Å²) in [5.41, 5.74) is -1.28. The lowest BCUT2D eigenvalue weighted by Gasteiger charge is -2.15. The standard InChI is InChI=1S/C9H13Cl2N5O2/c1-14(2)6-13-7(17)15(8(18)16(6)12)4-5-3-9(5,10)11/h5H,3-4,12H2,1-2H3. The molecular weight excluding hydrogens is 281 g/mol. The van der Waals surface area contributed by atoms with Crippen molar-refractivity contribution in [2.24, 2.45) is 5.92 Å². The van der Waals surface area contributed by atoms with Gasteiger partial charge in [-0.1, -0.05) is 0 Å². The minimum Gasteiger partial charge on any atom is -0.347 e. The molecule has 1 saturated carbocycles. The Bertz CT molecular complexity index is 592. The summed E-state index contributed by atoms with van der Waals surface area (Å²) in [6, 6.07) is 0. The third-order valence-electron chi connectivity index (χ3n) is 2.84. The first-order chi connectivity index (χ1) is 8.24. The van der Waals surface area contributed by atoms with Gasteiger partial charge in [-0.15, -0.1) is 23.2 Å². The van der Waals surface area contributed by atoms with Gasteiger partial charge in [-0.05, 0) is 6.42 Å². The van der Waals surface area contributed by atoms with E-state index >= 15 is 0 Å². The predicted molar refractivity (Wildman–Crippen MR) is 69.8 cm³/mol. The van der Waals surface area contributed by atoms with Crippen LogP contribution in [0.3, 0.4) is 0 Å². The van der Waals surface area contributed by atoms with Crippen LogP contribution < -0.4 is 22.1 Å². The van der Waals surface area contributed by atoms with E-state index in [0.29, 0.717) is 6.42 Å². The van der Waals surface area contributed by atoms with Gasteiger partial charge in [0.25, 0.3) is 0 Å². The number of nitrogens with zero attached hydrogens (tertiary/aromatic N) is 4. The molecule has 1 aromatic rings. The molecule has 9 heteroatoms. The van der Waals surface area contributed by atoms with Crippen LogP contribution in [-0.4, -0.2) is 32.7 Å². The van der Waals surface area contributed by atoms with E-state index < -0.39 is 15.7 Å². The van der Waals surface area contributed by atoms with Crippen LogP contribution in [0.2, 0.25) is 0 Å². The number of aromatic nitrogens is 3. The van der Waals surface area contributed by atoms with Crippen molar-refractivity contribution >= 4 is 29.2 Å². The largest absolute Gasteiger partial charge is 0.355 e. The Kier molecular flexibility index (Phi) is 3.06. The van der Waals surface area contributed by atoms with Crippen molar-refractivity contribution < 1.29 is 0 Å². The lowest BCUT2D eigenvalue weighted by Crippen LogP contribution is -2.47. The number of rotatable bonds is 3. The minimum absolute atomic E-state index is 0.0973. The molecule has 1 unspecified atom stereocenters. The van der Waals surface area contributed by atoms with Gasteiger partial charge in [-0.3, -0.25) is 0 Å². The van der Waals surface area contributed by atoms with Gasteiger partial charge in [0.05, 0.1) is 0 Å². The molecule has 0 spiro atoms. The molecule has 7 nitrogen and oxygen atoms in total. The van der Waals surface area contributed by atoms with E-state index in [4.69, 9.17) is 29.0 Å². The van der Waals surface area contributed by atoms with Gasteiger partial charge in [0.15, 0.2) is 0 Å². The van der Waals surface area contributed by atoms with Gasteiger partial charge in [0.1, 0.15) is 4.33 Å². The molecule has 1 aromatic heterocycles. The summed E-state index contributed by atoms with van der Waals surface area (Å²) in [7, 11) is 3.27. The molecule has 0 saturated heterocycles. The molecule has 1 aliphatic rings. The fraction of sp³-hybridized carbons (Fsp3) is 0.667. The first-order valence-corrected chi connectivity index (χ1v) is 6.03. The Balaban J connectivity index is 2.41. The zero-order valence-electron chi connectivity index (χ0n) is 9.93. The second-order valence-corrected chi connectivity index (χ2v) is 6.06. The van der Waals surface area contributed by atoms with E-state index in [9.17, 15) is 9.59 Å². The van der Waals surface area contributed by atoms with Crippen LogP contribution in [0.25, 0.3) is 0 Å². The number of hydrogen-bond donors (Lipinski definition) is 1. The summed E-state index contributed by atoms with van der Waals surface area (Å²) in [5.74, 6) is 5.56. The fourth-order valence-electron chi connectivity index (χ4n) is 1.66. The maximum Gasteiger partial charge on any atom is 0.355 e. The van der Waals surface area contributed by atoms with Crippen LogP contribution in [-0.2, 0) is 6.54 Å². The van der Waals surface area contributed by atoms with Crippen LogP contribution in [0.4, 0.5) is 5.95 Å². The van der Waals surface area contributed by atoms with Gasteiger partial charge in [-0.2, -0.15) is 9.66 Å². The first kappa shape index (κ1) is 13.2. The molecule has 0 aromatic carbocycles. The maximum atomic E-state index is 11.9. The van der Waals surface area contributed by atoms with Crippen molar-refractivity contribution in [2.45, 2.75) is 17.3 Å². The highest BCUT2D eigenvalue weighted by Crippen LogP contribution is 2.53. The second-order valence-electron chi connectivity index (χ2n) is 4.51. The van der Waals surface area contributed by atoms with E-state index in [0.717, 1.165) is 9.24 Å². The molecule has 18 heavy (non-hydrogen) atoms. The normalized spacial score (nSPS) is 20.8. The van der Waals surface area contributed by atoms with Crippen molar-refractivity contribution in [3.63, 3.8) is 0 Å². The van der Waals surface area contributed by atoms with Crippen molar-refractivity contribution in [1.82, 2.24) is 14.2 Å². The highest BCUT2D eigenvalue weighted by molar-refractivity contribution is 6.50. The Morgan fingerprint density at radius 2 is 2.06 bits per heavy atom. The summed E-state index contributed by atoms with van der Waals surface area (Å²) in [6.07, 6.45) is 0.544. The van der Waals surface area contributed by atoms with Crippen LogP contribution in [0.15, 0.2) is 9.59 Å². The van der Waals surface area contributed by atoms with Crippen LogP contribution in [0.5, 0.6) is 0 Å². The van der Waals surface area contributed by atoms with E-state index in [2.05, 4.69) is 4.98 Å². The lowest BCUT2D eigenvalue weighted by atomic mass is 10.4. The van der Waals surface area contributed by atoms with Crippen molar-refractivity contribution in [3.8, 4) is 0 Å². The summed E-state index contributed by atoms with van der Waals surface area (Å²) < 4.78 is 0.920. The predicted octanol–water partition coefficient (Wildman–Crippen LogP) is -0.621. The molecule has 2 N–H and O–H groups in total. The zero-order valence-corrected chi connectivity index (χ0v) is 11.4. The molecule has 1 fully saturated rings. The molecule has 100 valence electrons. The van der Waals surface area contributed by atoms with Gasteiger partial charge in [0.2, 0.25) is 5.95 Å². The molecule has 0 aliphatic heterocycles. The summed E-state index contributed by atoms with van der Waals surface area (Å²) >= 11 is 11.7. The topological polar surface area (TPSA) is 86.2 Å².